The predicted octanol–water partition coefficient (Wildman–Crippen LogP) is 3.40. The maximum atomic E-state index is 12.4. The lowest BCUT2D eigenvalue weighted by molar-refractivity contribution is 0.0518. The summed E-state index contributed by atoms with van der Waals surface area (Å²) in [6, 6.07) is 14.4. The highest BCUT2D eigenvalue weighted by Gasteiger charge is 2.20. The molecule has 0 unspecified atom stereocenters. The number of aromatic nitrogens is 2. The molecule has 0 spiro atoms. The average Bonchev–Trinajstić information content (AvgIpc) is 2.94. The third kappa shape index (κ3) is 2.73. The van der Waals surface area contributed by atoms with Gasteiger partial charge in [0.1, 0.15) is 0 Å². The first-order valence-electron chi connectivity index (χ1n) is 7.38. The van der Waals surface area contributed by atoms with Gasteiger partial charge in [-0.1, -0.05) is 30.3 Å². The van der Waals surface area contributed by atoms with Crippen molar-refractivity contribution in [2.75, 3.05) is 6.61 Å². The molecule has 5 nitrogen and oxygen atoms in total. The fraction of sp³-hybridized carbons (Fsp3) is 0.167. The van der Waals surface area contributed by atoms with Gasteiger partial charge in [0.25, 0.3) is 0 Å². The van der Waals surface area contributed by atoms with E-state index in [-0.39, 0.29) is 12.4 Å². The lowest BCUT2D eigenvalue weighted by atomic mass is 10.1. The van der Waals surface area contributed by atoms with Crippen molar-refractivity contribution in [2.45, 2.75) is 13.8 Å². The van der Waals surface area contributed by atoms with Crippen LogP contribution in [0.5, 0.6) is 0 Å². The van der Waals surface area contributed by atoms with Crippen LogP contribution in [0.2, 0.25) is 0 Å². The highest BCUT2D eigenvalue weighted by Crippen LogP contribution is 2.23. The Morgan fingerprint density at radius 3 is 2.65 bits per heavy atom. The summed E-state index contributed by atoms with van der Waals surface area (Å²) in [6.45, 7) is 3.55. The van der Waals surface area contributed by atoms with Gasteiger partial charge in [0.05, 0.1) is 17.8 Å². The minimum Gasteiger partial charge on any atom is -0.461 e. The zero-order valence-corrected chi connectivity index (χ0v) is 12.9. The van der Waals surface area contributed by atoms with Gasteiger partial charge in [0.15, 0.2) is 11.5 Å². The van der Waals surface area contributed by atoms with E-state index in [4.69, 9.17) is 4.74 Å². The zero-order chi connectivity index (χ0) is 16.4. The van der Waals surface area contributed by atoms with Crippen molar-refractivity contribution < 1.29 is 14.3 Å². The Morgan fingerprint density at radius 1 is 1.13 bits per heavy atom. The number of nitrogens with zero attached hydrogens (tertiary/aromatic N) is 2. The van der Waals surface area contributed by atoms with Crippen LogP contribution in [0.3, 0.4) is 0 Å². The smallest absolute Gasteiger partial charge is 0.357 e. The number of hydrogen-bond acceptors (Lipinski definition) is 4. The average molecular weight is 308 g/mol. The van der Waals surface area contributed by atoms with Gasteiger partial charge in [-0.25, -0.2) is 9.48 Å². The van der Waals surface area contributed by atoms with Gasteiger partial charge in [0, 0.05) is 10.9 Å². The SMILES string of the molecule is CCOC(=O)c1c2ccccc2nn1-c1cccc(C(C)=O)c1. The van der Waals surface area contributed by atoms with E-state index < -0.39 is 5.97 Å². The van der Waals surface area contributed by atoms with E-state index in [0.29, 0.717) is 22.5 Å². The topological polar surface area (TPSA) is 61.2 Å². The van der Waals surface area contributed by atoms with Crippen LogP contribution in [0.1, 0.15) is 34.7 Å². The maximum Gasteiger partial charge on any atom is 0.357 e. The first-order chi connectivity index (χ1) is 11.1. The maximum absolute atomic E-state index is 12.4. The van der Waals surface area contributed by atoms with Crippen LogP contribution in [-0.4, -0.2) is 28.1 Å². The quantitative estimate of drug-likeness (QED) is 0.547. The molecule has 1 aromatic heterocycles. The second kappa shape index (κ2) is 6.04. The second-order valence-electron chi connectivity index (χ2n) is 5.10. The Morgan fingerprint density at radius 2 is 1.91 bits per heavy atom. The van der Waals surface area contributed by atoms with E-state index >= 15 is 0 Å². The van der Waals surface area contributed by atoms with Gasteiger partial charge in [-0.2, -0.15) is 5.10 Å². The highest BCUT2D eigenvalue weighted by atomic mass is 16.5. The molecular formula is C18H16N2O3. The first-order valence-corrected chi connectivity index (χ1v) is 7.38. The number of carbonyl (C=O) groups excluding carboxylic acids is 2. The third-order valence-corrected chi connectivity index (χ3v) is 3.54. The molecule has 3 aromatic rings. The zero-order valence-electron chi connectivity index (χ0n) is 12.9. The highest BCUT2D eigenvalue weighted by molar-refractivity contribution is 6.03. The van der Waals surface area contributed by atoms with Crippen LogP contribution in [0.4, 0.5) is 0 Å². The summed E-state index contributed by atoms with van der Waals surface area (Å²) in [7, 11) is 0. The third-order valence-electron chi connectivity index (χ3n) is 3.54. The van der Waals surface area contributed by atoms with Gasteiger partial charge < -0.3 is 4.74 Å². The van der Waals surface area contributed by atoms with Crippen LogP contribution in [-0.2, 0) is 4.74 Å². The van der Waals surface area contributed by atoms with E-state index in [0.717, 1.165) is 5.39 Å². The van der Waals surface area contributed by atoms with E-state index in [9.17, 15) is 9.59 Å². The molecule has 0 aliphatic heterocycles. The first kappa shape index (κ1) is 15.0. The number of rotatable bonds is 4. The van der Waals surface area contributed by atoms with Crippen LogP contribution in [0.25, 0.3) is 16.6 Å². The molecule has 0 radical (unpaired) electrons. The number of ether oxygens (including phenoxy) is 1. The Labute approximate surface area is 133 Å². The number of benzene rings is 2. The summed E-state index contributed by atoms with van der Waals surface area (Å²) >= 11 is 0. The van der Waals surface area contributed by atoms with Gasteiger partial charge in [-0.15, -0.1) is 0 Å². The van der Waals surface area contributed by atoms with Crippen molar-refractivity contribution in [3.63, 3.8) is 0 Å². The number of Topliss-reactive ketones (excluding diaryl/α,β-unsaturated/α-hetero) is 1. The van der Waals surface area contributed by atoms with Gasteiger partial charge in [0.2, 0.25) is 0 Å². The molecule has 2 aromatic carbocycles. The molecule has 5 heteroatoms. The van der Waals surface area contributed by atoms with Crippen LogP contribution in [0, 0.1) is 0 Å². The van der Waals surface area contributed by atoms with E-state index in [1.807, 2.05) is 24.3 Å². The Balaban J connectivity index is 2.24. The summed E-state index contributed by atoms with van der Waals surface area (Å²) in [5.74, 6) is -0.476. The summed E-state index contributed by atoms with van der Waals surface area (Å²) in [4.78, 5) is 24.0. The number of ketones is 1. The van der Waals surface area contributed by atoms with Gasteiger partial charge in [-0.05, 0) is 32.0 Å². The molecule has 0 atom stereocenters. The lowest BCUT2D eigenvalue weighted by Crippen LogP contribution is -2.12. The number of carbonyl (C=O) groups is 2. The minimum absolute atomic E-state index is 0.0405. The normalized spacial score (nSPS) is 10.7. The molecule has 0 aliphatic carbocycles. The van der Waals surface area contributed by atoms with Crippen molar-refractivity contribution >= 4 is 22.7 Å². The van der Waals surface area contributed by atoms with E-state index in [2.05, 4.69) is 5.10 Å². The van der Waals surface area contributed by atoms with Crippen LogP contribution in [0.15, 0.2) is 48.5 Å². The molecule has 0 fully saturated rings. The standard InChI is InChI=1S/C18H16N2O3/c1-3-23-18(22)17-15-9-4-5-10-16(15)19-20(17)14-8-6-7-13(11-14)12(2)21/h4-11H,3H2,1-2H3. The molecule has 0 saturated carbocycles. The summed E-state index contributed by atoms with van der Waals surface area (Å²) in [5, 5.41) is 5.21. The number of hydrogen-bond donors (Lipinski definition) is 0. The Hall–Kier alpha value is -2.95. The molecule has 0 bridgehead atoms. The van der Waals surface area contributed by atoms with Gasteiger partial charge in [-0.3, -0.25) is 4.79 Å². The van der Waals surface area contributed by atoms with Crippen molar-refractivity contribution in [3.05, 3.63) is 59.8 Å². The van der Waals surface area contributed by atoms with Crippen molar-refractivity contribution in [2.24, 2.45) is 0 Å². The molecule has 1 heterocycles. The Kier molecular flexibility index (Phi) is 3.93. The molecule has 116 valence electrons. The molecular weight excluding hydrogens is 292 g/mol. The minimum atomic E-state index is -0.436. The fourth-order valence-corrected chi connectivity index (χ4v) is 2.47. The van der Waals surface area contributed by atoms with Crippen molar-refractivity contribution in [1.82, 2.24) is 9.78 Å². The lowest BCUT2D eigenvalue weighted by Gasteiger charge is -2.08. The largest absolute Gasteiger partial charge is 0.461 e. The van der Waals surface area contributed by atoms with E-state index in [1.165, 1.54) is 11.6 Å². The summed E-state index contributed by atoms with van der Waals surface area (Å²) in [6.07, 6.45) is 0. The van der Waals surface area contributed by atoms with E-state index in [1.54, 1.807) is 31.2 Å². The Bertz CT molecular complexity index is 896. The van der Waals surface area contributed by atoms with Crippen LogP contribution < -0.4 is 0 Å². The molecule has 3 rings (SSSR count). The molecule has 0 amide bonds. The molecule has 0 N–H and O–H groups in total. The monoisotopic (exact) mass is 308 g/mol. The predicted molar refractivity (Wildman–Crippen MR) is 87.0 cm³/mol. The van der Waals surface area contributed by atoms with Crippen LogP contribution >= 0.6 is 0 Å². The van der Waals surface area contributed by atoms with Crippen molar-refractivity contribution in [3.8, 4) is 5.69 Å². The second-order valence-corrected chi connectivity index (χ2v) is 5.10. The summed E-state index contributed by atoms with van der Waals surface area (Å²) < 4.78 is 6.70. The fourth-order valence-electron chi connectivity index (χ4n) is 2.47. The number of esters is 1. The van der Waals surface area contributed by atoms with Crippen molar-refractivity contribution in [1.29, 1.82) is 0 Å². The number of fused-ring (bicyclic) bond motifs is 1. The molecule has 0 aliphatic rings. The van der Waals surface area contributed by atoms with Gasteiger partial charge >= 0.3 is 5.97 Å². The molecule has 0 saturated heterocycles. The molecule has 23 heavy (non-hydrogen) atoms. The summed E-state index contributed by atoms with van der Waals surface area (Å²) in [5.41, 5.74) is 2.28.